The van der Waals surface area contributed by atoms with E-state index in [0.29, 0.717) is 43.4 Å². The minimum absolute atomic E-state index is 0.0436. The fourth-order valence-corrected chi connectivity index (χ4v) is 5.30. The van der Waals surface area contributed by atoms with Gasteiger partial charge in [0.1, 0.15) is 6.54 Å². The van der Waals surface area contributed by atoms with E-state index in [1.165, 1.54) is 47.2 Å². The van der Waals surface area contributed by atoms with Crippen LogP contribution in [-0.4, -0.2) is 59.8 Å². The molecular weight excluding hydrogens is 623 g/mol. The fourth-order valence-electron chi connectivity index (χ4n) is 4.12. The third kappa shape index (κ3) is 8.41. The highest BCUT2D eigenvalue weighted by atomic mass is 35.5. The summed E-state index contributed by atoms with van der Waals surface area (Å²) in [5.74, 6) is 6.07. The number of pyridine rings is 1. The van der Waals surface area contributed by atoms with E-state index < -0.39 is 5.54 Å². The molecule has 11 nitrogen and oxygen atoms in total. The van der Waals surface area contributed by atoms with Crippen molar-refractivity contribution in [3.63, 3.8) is 0 Å². The number of carbonyl (C=O) groups excluding carboxylic acids is 2. The van der Waals surface area contributed by atoms with Crippen LogP contribution >= 0.6 is 35.0 Å². The number of hydrogen-bond acceptors (Lipinski definition) is 8. The van der Waals surface area contributed by atoms with Crippen molar-refractivity contribution < 1.29 is 14.8 Å². The van der Waals surface area contributed by atoms with Crippen LogP contribution in [0.5, 0.6) is 0 Å². The Morgan fingerprint density at radius 1 is 1.09 bits per heavy atom. The number of amides is 2. The number of nitrogens with one attached hydrogen (secondary N) is 2. The van der Waals surface area contributed by atoms with Crippen LogP contribution in [0, 0.1) is 11.8 Å². The average molecular weight is 652 g/mol. The van der Waals surface area contributed by atoms with Crippen molar-refractivity contribution in [1.82, 2.24) is 30.3 Å². The van der Waals surface area contributed by atoms with Gasteiger partial charge < -0.3 is 15.8 Å². The highest BCUT2D eigenvalue weighted by Gasteiger charge is 2.24. The Morgan fingerprint density at radius 3 is 2.57 bits per heavy atom. The fraction of sp³-hybridized carbons (Fsp3) is 0.267. The Kier molecular flexibility index (Phi) is 9.58. The van der Waals surface area contributed by atoms with Crippen LogP contribution in [0.4, 0.5) is 5.69 Å². The van der Waals surface area contributed by atoms with Crippen molar-refractivity contribution in [2.24, 2.45) is 4.99 Å². The first-order valence-electron chi connectivity index (χ1n) is 13.6. The molecule has 2 heterocycles. The van der Waals surface area contributed by atoms with E-state index in [0.717, 1.165) is 4.73 Å². The number of rotatable bonds is 9. The summed E-state index contributed by atoms with van der Waals surface area (Å²) < 4.78 is 2.41. The van der Waals surface area contributed by atoms with Crippen LogP contribution in [0.1, 0.15) is 43.7 Å². The number of aromatic nitrogens is 5. The quantitative estimate of drug-likeness (QED) is 0.138. The molecular formula is C30H28Cl2N8O3S. The summed E-state index contributed by atoms with van der Waals surface area (Å²) in [6, 6.07) is 14.1. The molecule has 5 rings (SSSR count). The topological polar surface area (TPSA) is 139 Å². The Labute approximate surface area is 267 Å². The number of thioether (sulfide) groups is 1. The first kappa shape index (κ1) is 31.1. The van der Waals surface area contributed by atoms with Gasteiger partial charge in [-0.3, -0.25) is 14.6 Å². The lowest BCUT2D eigenvalue weighted by atomic mass is 10.1. The van der Waals surface area contributed by atoms with Gasteiger partial charge in [-0.1, -0.05) is 52.9 Å². The van der Waals surface area contributed by atoms with Gasteiger partial charge in [-0.25, -0.2) is 4.73 Å². The molecule has 2 amide bonds. The normalized spacial score (nSPS) is 12.6. The van der Waals surface area contributed by atoms with Crippen LogP contribution in [-0.2, 0) is 9.59 Å². The molecule has 0 atom stereocenters. The number of nitrogens with zero attached hydrogens (tertiary/aromatic N) is 6. The molecule has 1 aliphatic rings. The van der Waals surface area contributed by atoms with Crippen molar-refractivity contribution >= 4 is 52.5 Å². The summed E-state index contributed by atoms with van der Waals surface area (Å²) in [6.45, 7) is 3.46. The first-order valence-corrected chi connectivity index (χ1v) is 15.3. The van der Waals surface area contributed by atoms with E-state index in [4.69, 9.17) is 23.2 Å². The van der Waals surface area contributed by atoms with Gasteiger partial charge in [0, 0.05) is 18.0 Å². The Morgan fingerprint density at radius 2 is 1.86 bits per heavy atom. The van der Waals surface area contributed by atoms with E-state index in [1.807, 2.05) is 18.2 Å². The smallest absolute Gasteiger partial charge is 0.242 e. The maximum Gasteiger partial charge on any atom is 0.242 e. The molecule has 1 fully saturated rings. The predicted octanol–water partition coefficient (Wildman–Crippen LogP) is 4.46. The molecule has 44 heavy (non-hydrogen) atoms. The van der Waals surface area contributed by atoms with E-state index in [9.17, 15) is 14.8 Å². The monoisotopic (exact) mass is 650 g/mol. The standard InChI is InChI=1S/C30H28Cl2N8O3S/c1-30(2,35-27(41)17-33-22-10-13-39(43)14-11-22)12-9-19-3-7-25(23(31)15-19)34-28(42)18-44-29-36-37-38-40(29)26-8-6-21(16-24(26)32)20-4-5-20/h3,6-8,10-11,13-16,20,43H,4-5,17-18H2,1-2H3,(H,34,42)(H,35,41). The number of halogens is 2. The van der Waals surface area contributed by atoms with E-state index in [2.05, 4.69) is 43.0 Å². The zero-order chi connectivity index (χ0) is 31.3. The third-order valence-corrected chi connectivity index (χ3v) is 7.97. The van der Waals surface area contributed by atoms with Crippen molar-refractivity contribution in [1.29, 1.82) is 0 Å². The van der Waals surface area contributed by atoms with E-state index >= 15 is 0 Å². The summed E-state index contributed by atoms with van der Waals surface area (Å²) in [7, 11) is 0. The van der Waals surface area contributed by atoms with Crippen molar-refractivity contribution in [3.8, 4) is 17.5 Å². The molecule has 2 aromatic carbocycles. The Hall–Kier alpha value is -4.31. The molecule has 4 aromatic rings. The van der Waals surface area contributed by atoms with Gasteiger partial charge in [-0.2, -0.15) is 4.68 Å². The largest absolute Gasteiger partial charge is 0.429 e. The molecule has 0 saturated heterocycles. The third-order valence-electron chi connectivity index (χ3n) is 6.44. The second kappa shape index (κ2) is 13.5. The zero-order valence-corrected chi connectivity index (χ0v) is 26.1. The highest BCUT2D eigenvalue weighted by Crippen LogP contribution is 2.41. The lowest BCUT2D eigenvalue weighted by Gasteiger charge is -2.19. The number of tetrazole rings is 1. The van der Waals surface area contributed by atoms with Crippen LogP contribution in [0.2, 0.25) is 10.0 Å². The van der Waals surface area contributed by atoms with Crippen LogP contribution in [0.15, 0.2) is 71.1 Å². The SMILES string of the molecule is CC(C)(C#Cc1ccc(NC(=O)CSc2nnnn2-c2ccc(C3CC3)cc2Cl)c(Cl)c1)NC(=O)CN=c1ccn(O)cc1. The average Bonchev–Trinajstić information content (AvgIpc) is 3.74. The molecule has 0 unspecified atom stereocenters. The zero-order valence-electron chi connectivity index (χ0n) is 23.8. The second-order valence-electron chi connectivity index (χ2n) is 10.6. The molecule has 0 spiro atoms. The Balaban J connectivity index is 1.15. The van der Waals surface area contributed by atoms with Crippen molar-refractivity contribution in [2.45, 2.75) is 43.3 Å². The first-order chi connectivity index (χ1) is 21.1. The van der Waals surface area contributed by atoms with Crippen LogP contribution in [0.25, 0.3) is 5.69 Å². The van der Waals surface area contributed by atoms with Crippen molar-refractivity contribution in [3.05, 3.63) is 87.5 Å². The number of carbonyl (C=O) groups is 2. The summed E-state index contributed by atoms with van der Waals surface area (Å²) in [4.78, 5) is 29.3. The second-order valence-corrected chi connectivity index (χ2v) is 12.3. The van der Waals surface area contributed by atoms with Gasteiger partial charge in [0.15, 0.2) is 0 Å². The predicted molar refractivity (Wildman–Crippen MR) is 168 cm³/mol. The minimum atomic E-state index is -0.840. The number of hydrogen-bond donors (Lipinski definition) is 3. The molecule has 3 N–H and O–H groups in total. The van der Waals surface area contributed by atoms with Gasteiger partial charge in [-0.15, -0.1) is 5.10 Å². The number of benzene rings is 2. The lowest BCUT2D eigenvalue weighted by molar-refractivity contribution is -0.120. The van der Waals surface area contributed by atoms with Gasteiger partial charge in [0.2, 0.25) is 17.0 Å². The summed E-state index contributed by atoms with van der Waals surface area (Å²) in [6.07, 6.45) is 5.20. The van der Waals surface area contributed by atoms with Crippen molar-refractivity contribution in [2.75, 3.05) is 17.6 Å². The highest BCUT2D eigenvalue weighted by molar-refractivity contribution is 7.99. The molecule has 226 valence electrons. The summed E-state index contributed by atoms with van der Waals surface area (Å²) in [5, 5.41) is 28.6. The van der Waals surface area contributed by atoms with Gasteiger partial charge in [-0.05, 0) is 91.1 Å². The maximum atomic E-state index is 12.7. The molecule has 1 saturated carbocycles. The van der Waals surface area contributed by atoms with Crippen LogP contribution in [0.3, 0.4) is 0 Å². The minimum Gasteiger partial charge on any atom is -0.429 e. The summed E-state index contributed by atoms with van der Waals surface area (Å²) >= 11 is 14.1. The van der Waals surface area contributed by atoms with Gasteiger partial charge in [0.05, 0.1) is 38.1 Å². The Bertz CT molecular complexity index is 1820. The molecule has 0 radical (unpaired) electrons. The molecule has 1 aliphatic carbocycles. The van der Waals surface area contributed by atoms with E-state index in [-0.39, 0.29) is 24.1 Å². The van der Waals surface area contributed by atoms with Gasteiger partial charge >= 0.3 is 0 Å². The molecule has 14 heteroatoms. The molecule has 0 bridgehead atoms. The van der Waals surface area contributed by atoms with E-state index in [1.54, 1.807) is 44.2 Å². The molecule has 0 aliphatic heterocycles. The lowest BCUT2D eigenvalue weighted by Crippen LogP contribution is -2.43. The van der Waals surface area contributed by atoms with Crippen LogP contribution < -0.4 is 16.0 Å². The summed E-state index contributed by atoms with van der Waals surface area (Å²) in [5.41, 5.74) is 2.06. The number of anilines is 1. The maximum absolute atomic E-state index is 12.7. The molecule has 2 aromatic heterocycles. The van der Waals surface area contributed by atoms with Gasteiger partial charge in [0.25, 0.3) is 0 Å².